The summed E-state index contributed by atoms with van der Waals surface area (Å²) in [5.41, 5.74) is 2.87. The quantitative estimate of drug-likeness (QED) is 0.622. The third-order valence-electron chi connectivity index (χ3n) is 5.96. The molecule has 1 aromatic rings. The van der Waals surface area contributed by atoms with Crippen LogP contribution in [0.3, 0.4) is 0 Å². The summed E-state index contributed by atoms with van der Waals surface area (Å²) in [6.45, 7) is 9.51. The molecule has 1 aromatic carbocycles. The molecule has 1 fully saturated rings. The molecule has 9 heteroatoms. The van der Waals surface area contributed by atoms with Crippen molar-refractivity contribution < 1.29 is 19.1 Å². The molecule has 31 heavy (non-hydrogen) atoms. The van der Waals surface area contributed by atoms with E-state index >= 15 is 0 Å². The molecule has 3 amide bonds. The normalized spacial score (nSPS) is 22.9. The molecule has 3 aliphatic rings. The van der Waals surface area contributed by atoms with E-state index in [0.29, 0.717) is 25.8 Å². The first-order valence-electron chi connectivity index (χ1n) is 10.6. The van der Waals surface area contributed by atoms with Gasteiger partial charge in [-0.3, -0.25) is 19.5 Å². The predicted molar refractivity (Wildman–Crippen MR) is 117 cm³/mol. The Morgan fingerprint density at radius 3 is 2.39 bits per heavy atom. The standard InChI is InChI=1S/C22H29N5O4/c1-6-30-13-12-25-20(28)18-19(24(5)22(25)29)23-21-26(14(3)15(4)27(18)21)16-8-10-17(11-9-16)31-7-2/h8-11,18-19H,6-7,12-13H2,1-5H3. The van der Waals surface area contributed by atoms with Crippen LogP contribution >= 0.6 is 0 Å². The summed E-state index contributed by atoms with van der Waals surface area (Å²) in [4.78, 5) is 37.8. The van der Waals surface area contributed by atoms with Crippen LogP contribution < -0.4 is 9.64 Å². The first-order valence-corrected chi connectivity index (χ1v) is 10.6. The van der Waals surface area contributed by atoms with E-state index in [1.807, 2.05) is 61.8 Å². The van der Waals surface area contributed by atoms with Gasteiger partial charge in [0.2, 0.25) is 5.96 Å². The Morgan fingerprint density at radius 2 is 1.74 bits per heavy atom. The van der Waals surface area contributed by atoms with Crippen LogP contribution in [0.1, 0.15) is 27.7 Å². The number of guanidine groups is 1. The molecule has 3 heterocycles. The SMILES string of the molecule is CCOCCN1C(=O)C2C(N=C3N(c4ccc(OCC)cc4)C(C)=C(C)N32)N(C)C1=O. The molecule has 0 radical (unpaired) electrons. The van der Waals surface area contributed by atoms with Crippen LogP contribution in [0.2, 0.25) is 0 Å². The molecule has 2 unspecified atom stereocenters. The summed E-state index contributed by atoms with van der Waals surface area (Å²) >= 11 is 0. The van der Waals surface area contributed by atoms with Crippen LogP contribution in [0.15, 0.2) is 40.7 Å². The molecule has 3 aliphatic heterocycles. The average molecular weight is 428 g/mol. The summed E-state index contributed by atoms with van der Waals surface area (Å²) in [5.74, 6) is 1.22. The van der Waals surface area contributed by atoms with E-state index in [1.165, 1.54) is 4.90 Å². The largest absolute Gasteiger partial charge is 0.494 e. The smallest absolute Gasteiger partial charge is 0.328 e. The fourth-order valence-corrected chi connectivity index (χ4v) is 4.29. The highest BCUT2D eigenvalue weighted by molar-refractivity contribution is 6.10. The maximum absolute atomic E-state index is 13.4. The molecule has 166 valence electrons. The van der Waals surface area contributed by atoms with Gasteiger partial charge in [-0.1, -0.05) is 0 Å². The molecule has 9 nitrogen and oxygen atoms in total. The summed E-state index contributed by atoms with van der Waals surface area (Å²) in [6.07, 6.45) is -0.563. The monoisotopic (exact) mass is 427 g/mol. The van der Waals surface area contributed by atoms with E-state index in [1.54, 1.807) is 11.9 Å². The number of anilines is 1. The van der Waals surface area contributed by atoms with Gasteiger partial charge in [0.1, 0.15) is 5.75 Å². The molecular formula is C22H29N5O4. The minimum Gasteiger partial charge on any atom is -0.494 e. The van der Waals surface area contributed by atoms with Crippen LogP contribution in [-0.4, -0.2) is 78.2 Å². The van der Waals surface area contributed by atoms with Crippen LogP contribution in [0.5, 0.6) is 5.75 Å². The van der Waals surface area contributed by atoms with Crippen molar-refractivity contribution in [1.29, 1.82) is 0 Å². The molecule has 0 bridgehead atoms. The van der Waals surface area contributed by atoms with Crippen molar-refractivity contribution in [2.24, 2.45) is 4.99 Å². The van der Waals surface area contributed by atoms with Crippen molar-refractivity contribution in [2.75, 3.05) is 38.3 Å². The van der Waals surface area contributed by atoms with E-state index in [4.69, 9.17) is 14.5 Å². The zero-order valence-electron chi connectivity index (χ0n) is 18.7. The Hall–Kier alpha value is -3.07. The van der Waals surface area contributed by atoms with Gasteiger partial charge in [0, 0.05) is 30.7 Å². The molecule has 1 saturated heterocycles. The van der Waals surface area contributed by atoms with Crippen LogP contribution in [0, 0.1) is 0 Å². The summed E-state index contributed by atoms with van der Waals surface area (Å²) < 4.78 is 10.9. The molecule has 2 atom stereocenters. The van der Waals surface area contributed by atoms with Gasteiger partial charge in [-0.25, -0.2) is 9.79 Å². The number of fused-ring (bicyclic) bond motifs is 3. The molecule has 0 spiro atoms. The first kappa shape index (κ1) is 21.2. The van der Waals surface area contributed by atoms with Gasteiger partial charge in [0.25, 0.3) is 5.91 Å². The Morgan fingerprint density at radius 1 is 1.03 bits per heavy atom. The summed E-state index contributed by atoms with van der Waals surface area (Å²) in [7, 11) is 1.69. The Kier molecular flexibility index (Phi) is 5.62. The van der Waals surface area contributed by atoms with E-state index < -0.39 is 12.2 Å². The minimum absolute atomic E-state index is 0.229. The second-order valence-electron chi connectivity index (χ2n) is 7.67. The van der Waals surface area contributed by atoms with Crippen molar-refractivity contribution in [3.05, 3.63) is 35.7 Å². The number of urea groups is 1. The number of amides is 3. The number of allylic oxidation sites excluding steroid dienone is 2. The van der Waals surface area contributed by atoms with Crippen molar-refractivity contribution in [1.82, 2.24) is 14.7 Å². The number of aliphatic imine (C=N–C) groups is 1. The molecule has 0 aromatic heterocycles. The lowest BCUT2D eigenvalue weighted by atomic mass is 10.1. The summed E-state index contributed by atoms with van der Waals surface area (Å²) in [5, 5.41) is 0. The number of nitrogens with zero attached hydrogens (tertiary/aromatic N) is 5. The summed E-state index contributed by atoms with van der Waals surface area (Å²) in [6, 6.07) is 6.86. The van der Waals surface area contributed by atoms with Crippen molar-refractivity contribution >= 4 is 23.6 Å². The zero-order chi connectivity index (χ0) is 22.3. The topological polar surface area (TPSA) is 77.9 Å². The first-order chi connectivity index (χ1) is 14.9. The third-order valence-corrected chi connectivity index (χ3v) is 5.96. The van der Waals surface area contributed by atoms with Crippen molar-refractivity contribution in [3.63, 3.8) is 0 Å². The van der Waals surface area contributed by atoms with Crippen molar-refractivity contribution in [3.8, 4) is 5.75 Å². The minimum atomic E-state index is -0.582. The van der Waals surface area contributed by atoms with Gasteiger partial charge in [-0.15, -0.1) is 0 Å². The second-order valence-corrected chi connectivity index (χ2v) is 7.67. The highest BCUT2D eigenvalue weighted by Gasteiger charge is 2.55. The fraction of sp³-hybridized carbons (Fsp3) is 0.500. The lowest BCUT2D eigenvalue weighted by Gasteiger charge is -2.40. The number of imide groups is 1. The van der Waals surface area contributed by atoms with Crippen LogP contribution in [0.25, 0.3) is 0 Å². The molecule has 0 N–H and O–H groups in total. The number of ether oxygens (including phenoxy) is 2. The predicted octanol–water partition coefficient (Wildman–Crippen LogP) is 2.45. The van der Waals surface area contributed by atoms with Crippen molar-refractivity contribution in [2.45, 2.75) is 39.9 Å². The number of hydrogen-bond donors (Lipinski definition) is 0. The molecule has 0 saturated carbocycles. The van der Waals surface area contributed by atoms with Gasteiger partial charge in [-0.2, -0.15) is 0 Å². The Bertz CT molecular complexity index is 942. The lowest BCUT2D eigenvalue weighted by Crippen LogP contribution is -2.65. The number of benzene rings is 1. The Labute approximate surface area is 182 Å². The van der Waals surface area contributed by atoms with Crippen LogP contribution in [-0.2, 0) is 9.53 Å². The highest BCUT2D eigenvalue weighted by atomic mass is 16.5. The maximum Gasteiger partial charge on any atom is 0.328 e. The molecule has 0 aliphatic carbocycles. The zero-order valence-corrected chi connectivity index (χ0v) is 18.7. The highest BCUT2D eigenvalue weighted by Crippen LogP contribution is 2.40. The number of rotatable bonds is 7. The Balaban J connectivity index is 1.65. The number of likely N-dealkylation sites (N-methyl/N-ethyl adjacent to an activating group) is 1. The van der Waals surface area contributed by atoms with E-state index in [9.17, 15) is 9.59 Å². The fourth-order valence-electron chi connectivity index (χ4n) is 4.29. The molecular weight excluding hydrogens is 398 g/mol. The number of carbonyl (C=O) groups is 2. The van der Waals surface area contributed by atoms with Gasteiger partial charge in [-0.05, 0) is 52.0 Å². The van der Waals surface area contributed by atoms with Gasteiger partial charge < -0.3 is 14.4 Å². The van der Waals surface area contributed by atoms with Gasteiger partial charge in [0.05, 0.1) is 19.8 Å². The number of carbonyl (C=O) groups excluding carboxylic acids is 2. The molecule has 4 rings (SSSR count). The van der Waals surface area contributed by atoms with Gasteiger partial charge in [0.15, 0.2) is 12.2 Å². The average Bonchev–Trinajstić information content (AvgIpc) is 3.26. The van der Waals surface area contributed by atoms with E-state index in [0.717, 1.165) is 22.8 Å². The second kappa shape index (κ2) is 8.22. The van der Waals surface area contributed by atoms with E-state index in [2.05, 4.69) is 0 Å². The number of hydrogen-bond acceptors (Lipinski definition) is 7. The van der Waals surface area contributed by atoms with Gasteiger partial charge >= 0.3 is 6.03 Å². The van der Waals surface area contributed by atoms with Crippen LogP contribution in [0.4, 0.5) is 10.5 Å². The lowest BCUT2D eigenvalue weighted by molar-refractivity contribution is -0.137. The van der Waals surface area contributed by atoms with E-state index in [-0.39, 0.29) is 18.5 Å². The third kappa shape index (κ3) is 3.33. The maximum atomic E-state index is 13.4.